The van der Waals surface area contributed by atoms with Crippen LogP contribution in [-0.2, 0) is 6.54 Å². The van der Waals surface area contributed by atoms with Gasteiger partial charge in [-0.25, -0.2) is 9.89 Å². The number of benzene rings is 3. The third-order valence-corrected chi connectivity index (χ3v) is 6.51. The van der Waals surface area contributed by atoms with E-state index in [1.165, 1.54) is 23.2 Å². The molecule has 5 rings (SSSR count). The lowest BCUT2D eigenvalue weighted by atomic mass is 9.98. The Bertz CT molecular complexity index is 1750. The predicted molar refractivity (Wildman–Crippen MR) is 157 cm³/mol. The molecule has 0 aliphatic rings. The van der Waals surface area contributed by atoms with Gasteiger partial charge in [-0.1, -0.05) is 36.4 Å². The maximum Gasteiger partial charge on any atom is 0.573 e. The van der Waals surface area contributed by atoms with E-state index in [1.54, 1.807) is 60.7 Å². The Labute approximate surface area is 257 Å². The summed E-state index contributed by atoms with van der Waals surface area (Å²) in [4.78, 5) is 18.9. The zero-order valence-corrected chi connectivity index (χ0v) is 23.6. The Hall–Kier alpha value is -5.67. The van der Waals surface area contributed by atoms with Gasteiger partial charge in [-0.2, -0.15) is 13.2 Å². The van der Waals surface area contributed by atoms with Crippen molar-refractivity contribution in [1.82, 2.24) is 25.6 Å². The molecular formula is C30H24F6N8O2. The monoisotopic (exact) mass is 642 g/mol. The van der Waals surface area contributed by atoms with Crippen molar-refractivity contribution in [2.75, 3.05) is 22.1 Å². The maximum absolute atomic E-state index is 13.4. The number of tetrazole rings is 1. The lowest BCUT2D eigenvalue weighted by Crippen LogP contribution is -2.30. The van der Waals surface area contributed by atoms with Gasteiger partial charge < -0.3 is 20.3 Å². The van der Waals surface area contributed by atoms with E-state index in [9.17, 15) is 31.1 Å². The van der Waals surface area contributed by atoms with E-state index in [4.69, 9.17) is 0 Å². The van der Waals surface area contributed by atoms with Crippen molar-refractivity contribution in [2.24, 2.45) is 0 Å². The number of aromatic amines is 1. The summed E-state index contributed by atoms with van der Waals surface area (Å²) in [6.07, 6.45) is -8.96. The van der Waals surface area contributed by atoms with Gasteiger partial charge in [0.25, 0.3) is 0 Å². The first kappa shape index (κ1) is 31.7. The molecule has 0 spiro atoms. The highest BCUT2D eigenvalue weighted by Gasteiger charge is 2.31. The average Bonchev–Trinajstić information content (AvgIpc) is 3.55. The van der Waals surface area contributed by atoms with Crippen molar-refractivity contribution in [1.29, 1.82) is 0 Å². The van der Waals surface area contributed by atoms with Gasteiger partial charge in [0.1, 0.15) is 5.75 Å². The van der Waals surface area contributed by atoms with Crippen LogP contribution in [0.5, 0.6) is 5.75 Å². The van der Waals surface area contributed by atoms with Crippen molar-refractivity contribution in [3.8, 4) is 28.3 Å². The van der Waals surface area contributed by atoms with Gasteiger partial charge in [-0.15, -0.1) is 18.3 Å². The normalized spacial score (nSPS) is 11.6. The first-order valence-electron chi connectivity index (χ1n) is 13.6. The molecule has 3 aromatic carbocycles. The fourth-order valence-electron chi connectivity index (χ4n) is 4.55. The maximum atomic E-state index is 13.4. The molecule has 0 bridgehead atoms. The smallest absolute Gasteiger partial charge is 0.406 e. The molecule has 46 heavy (non-hydrogen) atoms. The van der Waals surface area contributed by atoms with Gasteiger partial charge in [-0.05, 0) is 70.1 Å². The van der Waals surface area contributed by atoms with E-state index in [0.29, 0.717) is 28.2 Å². The molecule has 0 unspecified atom stereocenters. The third-order valence-electron chi connectivity index (χ3n) is 6.51. The Morgan fingerprint density at radius 1 is 0.870 bits per heavy atom. The number of aromatic nitrogens is 5. The first-order chi connectivity index (χ1) is 21.9. The zero-order chi connectivity index (χ0) is 32.7. The van der Waals surface area contributed by atoms with Crippen LogP contribution in [0.1, 0.15) is 12.1 Å². The quantitative estimate of drug-likeness (QED) is 0.136. The Morgan fingerprint density at radius 2 is 1.61 bits per heavy atom. The molecule has 3 N–H and O–H groups in total. The summed E-state index contributed by atoms with van der Waals surface area (Å²) < 4.78 is 81.6. The second-order valence-electron chi connectivity index (χ2n) is 9.79. The molecule has 16 heteroatoms. The van der Waals surface area contributed by atoms with Crippen LogP contribution < -0.4 is 20.3 Å². The van der Waals surface area contributed by atoms with E-state index >= 15 is 0 Å². The summed E-state index contributed by atoms with van der Waals surface area (Å²) in [6.45, 7) is -0.454. The topological polar surface area (TPSA) is 121 Å². The van der Waals surface area contributed by atoms with Crippen molar-refractivity contribution < 1.29 is 35.9 Å². The average molecular weight is 643 g/mol. The van der Waals surface area contributed by atoms with E-state index < -0.39 is 37.3 Å². The minimum absolute atomic E-state index is 0.00639. The molecule has 2 amide bonds. The van der Waals surface area contributed by atoms with Gasteiger partial charge in [0.2, 0.25) is 0 Å². The number of hydrogen-bond acceptors (Lipinski definition) is 7. The minimum Gasteiger partial charge on any atom is -0.406 e. The molecule has 0 aliphatic carbocycles. The summed E-state index contributed by atoms with van der Waals surface area (Å²) >= 11 is 0. The number of urea groups is 1. The van der Waals surface area contributed by atoms with Gasteiger partial charge in [0.05, 0.1) is 30.0 Å². The second-order valence-corrected chi connectivity index (χ2v) is 9.79. The number of amides is 2. The van der Waals surface area contributed by atoms with Crippen LogP contribution in [-0.4, -0.2) is 50.7 Å². The largest absolute Gasteiger partial charge is 0.573 e. The van der Waals surface area contributed by atoms with Crippen LogP contribution in [0.15, 0.2) is 91.1 Å². The number of hydrogen-bond donors (Lipinski definition) is 3. The molecule has 0 aliphatic heterocycles. The lowest BCUT2D eigenvalue weighted by molar-refractivity contribution is -0.274. The van der Waals surface area contributed by atoms with E-state index in [0.717, 1.165) is 12.1 Å². The highest BCUT2D eigenvalue weighted by molar-refractivity contribution is 6.02. The van der Waals surface area contributed by atoms with Gasteiger partial charge >= 0.3 is 18.6 Å². The summed E-state index contributed by atoms with van der Waals surface area (Å²) in [5.74, 6) is -0.115. The standard InChI is InChI=1S/C30H24F6N8O2/c31-29(32,33)14-16-44(18-21-5-3-4-15-37-21)26-13-8-19(23-6-1-2-7-24(23)27-40-42-43-41-27)17-25(26)39-28(45)38-20-9-11-22(12-10-20)46-30(34,35)36/h1-13,15,17H,14,16,18H2,(H2,38,39,45)(H,40,41,42,43). The number of carbonyl (C=O) groups excluding carboxylic acids is 1. The van der Waals surface area contributed by atoms with Crippen LogP contribution in [0.4, 0.5) is 48.2 Å². The Kier molecular flexibility index (Phi) is 9.34. The fourth-order valence-corrected chi connectivity index (χ4v) is 4.55. The number of anilines is 3. The van der Waals surface area contributed by atoms with Gasteiger partial charge in [0, 0.05) is 24.0 Å². The van der Waals surface area contributed by atoms with Crippen LogP contribution in [0, 0.1) is 0 Å². The lowest BCUT2D eigenvalue weighted by Gasteiger charge is -2.28. The Morgan fingerprint density at radius 3 is 2.26 bits per heavy atom. The molecule has 10 nitrogen and oxygen atoms in total. The van der Waals surface area contributed by atoms with Gasteiger partial charge in [-0.3, -0.25) is 4.98 Å². The number of pyridine rings is 1. The van der Waals surface area contributed by atoms with E-state index in [-0.39, 0.29) is 23.6 Å². The van der Waals surface area contributed by atoms with E-state index in [2.05, 4.69) is 41.0 Å². The number of nitrogens with zero attached hydrogens (tertiary/aromatic N) is 5. The number of carbonyl (C=O) groups is 1. The third kappa shape index (κ3) is 8.71. The number of ether oxygens (including phenoxy) is 1. The van der Waals surface area contributed by atoms with Crippen LogP contribution in [0.2, 0.25) is 0 Å². The summed E-state index contributed by atoms with van der Waals surface area (Å²) in [6, 6.07) is 20.7. The Balaban J connectivity index is 1.50. The molecule has 2 heterocycles. The number of nitrogens with one attached hydrogen (secondary N) is 3. The number of alkyl halides is 6. The summed E-state index contributed by atoms with van der Waals surface area (Å²) in [5.41, 5.74) is 2.90. The van der Waals surface area contributed by atoms with Crippen molar-refractivity contribution in [3.05, 3.63) is 96.8 Å². The van der Waals surface area contributed by atoms with Crippen molar-refractivity contribution in [3.63, 3.8) is 0 Å². The minimum atomic E-state index is -4.89. The molecule has 0 saturated heterocycles. The van der Waals surface area contributed by atoms with Crippen LogP contribution in [0.25, 0.3) is 22.5 Å². The summed E-state index contributed by atoms with van der Waals surface area (Å²) in [5, 5.41) is 19.1. The molecule has 0 saturated carbocycles. The number of H-pyrrole nitrogens is 1. The zero-order valence-electron chi connectivity index (χ0n) is 23.6. The summed E-state index contributed by atoms with van der Waals surface area (Å²) in [7, 11) is 0. The SMILES string of the molecule is O=C(Nc1ccc(OC(F)(F)F)cc1)Nc1cc(-c2ccccc2-c2nnn[nH]2)ccc1N(CCC(F)(F)F)Cc1ccccn1. The molecule has 0 fully saturated rings. The molecule has 5 aromatic rings. The molecule has 238 valence electrons. The van der Waals surface area contributed by atoms with Crippen LogP contribution >= 0.6 is 0 Å². The number of rotatable bonds is 10. The van der Waals surface area contributed by atoms with Crippen LogP contribution in [0.3, 0.4) is 0 Å². The highest BCUT2D eigenvalue weighted by atomic mass is 19.4. The van der Waals surface area contributed by atoms with Crippen molar-refractivity contribution >= 4 is 23.1 Å². The number of halogens is 6. The molecule has 0 radical (unpaired) electrons. The highest BCUT2D eigenvalue weighted by Crippen LogP contribution is 2.37. The predicted octanol–water partition coefficient (Wildman–Crippen LogP) is 7.43. The molecule has 0 atom stereocenters. The second kappa shape index (κ2) is 13.5. The molecular weight excluding hydrogens is 618 g/mol. The van der Waals surface area contributed by atoms with Gasteiger partial charge in [0.15, 0.2) is 5.82 Å². The fraction of sp³-hybridized carbons (Fsp3) is 0.167. The van der Waals surface area contributed by atoms with Crippen molar-refractivity contribution in [2.45, 2.75) is 25.5 Å². The molecule has 2 aromatic heterocycles. The van der Waals surface area contributed by atoms with E-state index in [1.807, 2.05) is 0 Å². The first-order valence-corrected chi connectivity index (χ1v) is 13.6.